The lowest BCUT2D eigenvalue weighted by molar-refractivity contribution is 0.100. The van der Waals surface area contributed by atoms with Crippen molar-refractivity contribution in [2.45, 2.75) is 13.2 Å². The van der Waals surface area contributed by atoms with Crippen molar-refractivity contribution in [3.8, 4) is 0 Å². The van der Waals surface area contributed by atoms with E-state index >= 15 is 0 Å². The molecule has 0 unspecified atom stereocenters. The van der Waals surface area contributed by atoms with E-state index in [2.05, 4.69) is 28.8 Å². The van der Waals surface area contributed by atoms with Gasteiger partial charge in [-0.2, -0.15) is 0 Å². The highest BCUT2D eigenvalue weighted by Crippen LogP contribution is 2.32. The third kappa shape index (κ3) is 2.74. The second kappa shape index (κ2) is 6.65. The quantitative estimate of drug-likeness (QED) is 0.598. The summed E-state index contributed by atoms with van der Waals surface area (Å²) in [5.74, 6) is -0.427. The lowest BCUT2D eigenvalue weighted by Gasteiger charge is -2.09. The van der Waals surface area contributed by atoms with Gasteiger partial charge in [0.05, 0.1) is 17.6 Å². The van der Waals surface area contributed by atoms with Crippen molar-refractivity contribution in [1.29, 1.82) is 0 Å². The number of primary amides is 1. The van der Waals surface area contributed by atoms with Crippen LogP contribution >= 0.6 is 0 Å². The summed E-state index contributed by atoms with van der Waals surface area (Å²) in [5.41, 5.74) is 10.4. The van der Waals surface area contributed by atoms with Gasteiger partial charge in [0.25, 0.3) is 0 Å². The zero-order chi connectivity index (χ0) is 18.1. The van der Waals surface area contributed by atoms with Gasteiger partial charge in [-0.25, -0.2) is 0 Å². The van der Waals surface area contributed by atoms with Crippen LogP contribution in [0.2, 0.25) is 0 Å². The van der Waals surface area contributed by atoms with Crippen LogP contribution in [0.1, 0.15) is 21.5 Å². The van der Waals surface area contributed by atoms with E-state index in [0.717, 1.165) is 27.4 Å². The van der Waals surface area contributed by atoms with Crippen LogP contribution in [0, 0.1) is 6.07 Å². The Balaban J connectivity index is 2.03. The Labute approximate surface area is 151 Å². The highest BCUT2D eigenvalue weighted by atomic mass is 16.5. The van der Waals surface area contributed by atoms with Crippen molar-refractivity contribution in [3.63, 3.8) is 0 Å². The zero-order valence-corrected chi connectivity index (χ0v) is 14.5. The van der Waals surface area contributed by atoms with Crippen molar-refractivity contribution in [1.82, 2.24) is 4.57 Å². The number of carbonyl (C=O) groups excluding carboxylic acids is 1. The molecule has 4 aromatic rings. The van der Waals surface area contributed by atoms with E-state index in [1.54, 1.807) is 13.2 Å². The van der Waals surface area contributed by atoms with Crippen LogP contribution in [0.25, 0.3) is 21.8 Å². The Morgan fingerprint density at radius 2 is 1.88 bits per heavy atom. The third-order valence-corrected chi connectivity index (χ3v) is 4.61. The largest absolute Gasteiger partial charge is 0.380 e. The maximum atomic E-state index is 12.0. The maximum Gasteiger partial charge on any atom is 0.249 e. The second-order valence-corrected chi connectivity index (χ2v) is 6.34. The number of methoxy groups -OCH3 is 1. The molecule has 0 spiro atoms. The third-order valence-electron chi connectivity index (χ3n) is 4.61. The van der Waals surface area contributed by atoms with E-state index in [-0.39, 0.29) is 0 Å². The maximum absolute atomic E-state index is 12.0. The number of hydrogen-bond donors (Lipinski definition) is 1. The molecule has 26 heavy (non-hydrogen) atoms. The Bertz CT molecular complexity index is 1100. The van der Waals surface area contributed by atoms with Crippen LogP contribution in [0.5, 0.6) is 0 Å². The summed E-state index contributed by atoms with van der Waals surface area (Å²) in [4.78, 5) is 12.0. The van der Waals surface area contributed by atoms with Crippen LogP contribution in [0.3, 0.4) is 0 Å². The number of fused-ring (bicyclic) bond motifs is 3. The molecular formula is C22H19N2O2. The molecule has 1 aromatic heterocycles. The summed E-state index contributed by atoms with van der Waals surface area (Å²) < 4.78 is 7.48. The zero-order valence-electron chi connectivity index (χ0n) is 14.5. The summed E-state index contributed by atoms with van der Waals surface area (Å²) in [6, 6.07) is 23.3. The molecule has 4 heteroatoms. The SMILES string of the molecule is COCc1c[c]c2c3c(C(N)=O)cccc3n(Cc3ccccc3)c2c1. The number of amides is 1. The Kier molecular flexibility index (Phi) is 4.19. The molecule has 1 heterocycles. The highest BCUT2D eigenvalue weighted by Gasteiger charge is 2.17. The van der Waals surface area contributed by atoms with E-state index in [9.17, 15) is 4.79 Å². The van der Waals surface area contributed by atoms with E-state index in [4.69, 9.17) is 10.5 Å². The van der Waals surface area contributed by atoms with Crippen molar-refractivity contribution in [2.24, 2.45) is 5.73 Å². The van der Waals surface area contributed by atoms with E-state index in [1.807, 2.05) is 36.4 Å². The summed E-state index contributed by atoms with van der Waals surface area (Å²) in [6.07, 6.45) is 0. The van der Waals surface area contributed by atoms with Gasteiger partial charge in [0, 0.05) is 30.0 Å². The molecule has 0 saturated carbocycles. The monoisotopic (exact) mass is 343 g/mol. The Hall–Kier alpha value is -3.11. The molecule has 0 fully saturated rings. The molecule has 1 radical (unpaired) electrons. The summed E-state index contributed by atoms with van der Waals surface area (Å²) in [5, 5.41) is 1.76. The van der Waals surface area contributed by atoms with Crippen molar-refractivity contribution in [3.05, 3.63) is 83.4 Å². The fourth-order valence-electron chi connectivity index (χ4n) is 3.49. The number of rotatable bonds is 5. The van der Waals surface area contributed by atoms with Gasteiger partial charge >= 0.3 is 0 Å². The molecule has 0 aliphatic rings. The lowest BCUT2D eigenvalue weighted by atomic mass is 10.0. The summed E-state index contributed by atoms with van der Waals surface area (Å²) >= 11 is 0. The van der Waals surface area contributed by atoms with Gasteiger partial charge < -0.3 is 15.0 Å². The molecule has 0 aliphatic carbocycles. The van der Waals surface area contributed by atoms with Gasteiger partial charge in [-0.15, -0.1) is 0 Å². The van der Waals surface area contributed by atoms with Gasteiger partial charge in [0.1, 0.15) is 0 Å². The fourth-order valence-corrected chi connectivity index (χ4v) is 3.49. The Morgan fingerprint density at radius 1 is 1.08 bits per heavy atom. The number of nitrogens with two attached hydrogens (primary N) is 1. The average molecular weight is 343 g/mol. The van der Waals surface area contributed by atoms with Crippen LogP contribution in [0.4, 0.5) is 0 Å². The van der Waals surface area contributed by atoms with E-state index in [0.29, 0.717) is 18.7 Å². The molecular weight excluding hydrogens is 324 g/mol. The highest BCUT2D eigenvalue weighted by molar-refractivity contribution is 6.17. The number of carbonyl (C=O) groups is 1. The molecule has 4 nitrogen and oxygen atoms in total. The van der Waals surface area contributed by atoms with Crippen LogP contribution in [-0.2, 0) is 17.9 Å². The van der Waals surface area contributed by atoms with Crippen LogP contribution in [-0.4, -0.2) is 17.6 Å². The number of aromatic nitrogens is 1. The Morgan fingerprint density at radius 3 is 2.62 bits per heavy atom. The summed E-state index contributed by atoms with van der Waals surface area (Å²) in [6.45, 7) is 1.22. The van der Waals surface area contributed by atoms with Crippen LogP contribution in [0.15, 0.2) is 60.7 Å². The van der Waals surface area contributed by atoms with Crippen molar-refractivity contribution < 1.29 is 9.53 Å². The van der Waals surface area contributed by atoms with Gasteiger partial charge in [0.15, 0.2) is 0 Å². The smallest absolute Gasteiger partial charge is 0.249 e. The normalized spacial score (nSPS) is 11.3. The molecule has 1 amide bonds. The standard InChI is InChI=1S/C22H19N2O2/c1-26-14-16-10-11-17-20(12-16)24(13-15-6-3-2-4-7-15)19-9-5-8-18(21(17)19)22(23)25/h2-10,12H,13-14H2,1H3,(H2,23,25). The van der Waals surface area contributed by atoms with Gasteiger partial charge in [-0.1, -0.05) is 36.4 Å². The van der Waals surface area contributed by atoms with Crippen molar-refractivity contribution in [2.75, 3.05) is 7.11 Å². The molecule has 0 bridgehead atoms. The van der Waals surface area contributed by atoms with Crippen molar-refractivity contribution >= 4 is 27.7 Å². The van der Waals surface area contributed by atoms with E-state index < -0.39 is 5.91 Å². The molecule has 0 atom stereocenters. The van der Waals surface area contributed by atoms with Crippen LogP contribution < -0.4 is 5.73 Å². The summed E-state index contributed by atoms with van der Waals surface area (Å²) in [7, 11) is 1.68. The number of nitrogens with zero attached hydrogens (tertiary/aromatic N) is 1. The molecule has 0 aliphatic heterocycles. The fraction of sp³-hybridized carbons (Fsp3) is 0.136. The first kappa shape index (κ1) is 16.4. The van der Waals surface area contributed by atoms with Gasteiger partial charge in [0.2, 0.25) is 5.91 Å². The average Bonchev–Trinajstić information content (AvgIpc) is 2.96. The van der Waals surface area contributed by atoms with E-state index in [1.165, 1.54) is 5.56 Å². The predicted octanol–water partition coefficient (Wildman–Crippen LogP) is 3.89. The second-order valence-electron chi connectivity index (χ2n) is 6.34. The van der Waals surface area contributed by atoms with Gasteiger partial charge in [-0.05, 0) is 41.5 Å². The molecule has 129 valence electrons. The minimum absolute atomic E-state index is 0.427. The van der Waals surface area contributed by atoms with Gasteiger partial charge in [-0.3, -0.25) is 4.79 Å². The first-order chi connectivity index (χ1) is 12.7. The number of hydrogen-bond acceptors (Lipinski definition) is 2. The number of benzene rings is 3. The minimum atomic E-state index is -0.427. The molecule has 0 saturated heterocycles. The first-order valence-electron chi connectivity index (χ1n) is 8.47. The lowest BCUT2D eigenvalue weighted by Crippen LogP contribution is -2.11. The molecule has 4 rings (SSSR count). The first-order valence-corrected chi connectivity index (χ1v) is 8.47. The molecule has 2 N–H and O–H groups in total. The number of ether oxygens (including phenoxy) is 1. The predicted molar refractivity (Wildman–Crippen MR) is 103 cm³/mol. The minimum Gasteiger partial charge on any atom is -0.380 e. The molecule has 3 aromatic carbocycles. The topological polar surface area (TPSA) is 57.2 Å².